The molecule has 28 heavy (non-hydrogen) atoms. The van der Waals surface area contributed by atoms with Crippen LogP contribution in [0.1, 0.15) is 18.4 Å². The standard InChI is InChI=1S/C20H21ClN2O4S/c21-15-5-7-16(8-6-15)28(26,27)22-11-9-20(10-12-22)17-3-1-2-4-18(17)23(13-14-24)19(20)25/h1-8,24H,9-14H2. The van der Waals surface area contributed by atoms with Gasteiger partial charge in [0.15, 0.2) is 0 Å². The number of piperidine rings is 1. The molecule has 2 aliphatic heterocycles. The number of carbonyl (C=O) groups is 1. The second-order valence-electron chi connectivity index (χ2n) is 7.14. The van der Waals surface area contributed by atoms with Gasteiger partial charge in [-0.1, -0.05) is 29.8 Å². The molecule has 6 nitrogen and oxygen atoms in total. The SMILES string of the molecule is O=C1N(CCO)c2ccccc2C12CCN(S(=O)(=O)c1ccc(Cl)cc1)CC2. The van der Waals surface area contributed by atoms with Gasteiger partial charge < -0.3 is 10.0 Å². The van der Waals surface area contributed by atoms with Gasteiger partial charge in [0.05, 0.1) is 16.9 Å². The highest BCUT2D eigenvalue weighted by Gasteiger charge is 2.52. The zero-order valence-corrected chi connectivity index (χ0v) is 16.8. The first-order chi connectivity index (χ1) is 13.4. The van der Waals surface area contributed by atoms with Crippen LogP contribution in [-0.2, 0) is 20.2 Å². The molecule has 2 aliphatic rings. The molecule has 1 N–H and O–H groups in total. The average molecular weight is 421 g/mol. The van der Waals surface area contributed by atoms with Gasteiger partial charge in [0.25, 0.3) is 0 Å². The molecule has 0 unspecified atom stereocenters. The Balaban J connectivity index is 1.61. The molecule has 1 saturated heterocycles. The summed E-state index contributed by atoms with van der Waals surface area (Å²) in [5.41, 5.74) is 1.02. The molecule has 0 saturated carbocycles. The zero-order chi connectivity index (χ0) is 19.9. The van der Waals surface area contributed by atoms with E-state index >= 15 is 0 Å². The second kappa shape index (κ2) is 7.15. The lowest BCUT2D eigenvalue weighted by Gasteiger charge is -2.37. The quantitative estimate of drug-likeness (QED) is 0.823. The fraction of sp³-hybridized carbons (Fsp3) is 0.350. The molecule has 0 bridgehead atoms. The van der Waals surface area contributed by atoms with Crippen LogP contribution in [0.2, 0.25) is 5.02 Å². The number of anilines is 1. The van der Waals surface area contributed by atoms with E-state index in [1.54, 1.807) is 17.0 Å². The number of rotatable bonds is 4. The molecular weight excluding hydrogens is 400 g/mol. The van der Waals surface area contributed by atoms with Crippen LogP contribution >= 0.6 is 11.6 Å². The summed E-state index contributed by atoms with van der Waals surface area (Å²) < 4.78 is 27.3. The maximum absolute atomic E-state index is 13.2. The number of nitrogens with zero attached hydrogens (tertiary/aromatic N) is 2. The largest absolute Gasteiger partial charge is 0.395 e. The second-order valence-corrected chi connectivity index (χ2v) is 9.51. The van der Waals surface area contributed by atoms with Crippen molar-refractivity contribution in [2.45, 2.75) is 23.2 Å². The molecule has 2 aromatic carbocycles. The number of sulfonamides is 1. The molecule has 2 heterocycles. The fourth-order valence-electron chi connectivity index (χ4n) is 4.27. The molecular formula is C20H21ClN2O4S. The molecule has 0 aromatic heterocycles. The van der Waals surface area contributed by atoms with Crippen molar-refractivity contribution < 1.29 is 18.3 Å². The van der Waals surface area contributed by atoms with Gasteiger partial charge in [-0.25, -0.2) is 8.42 Å². The van der Waals surface area contributed by atoms with Crippen LogP contribution in [-0.4, -0.2) is 50.0 Å². The first-order valence-electron chi connectivity index (χ1n) is 9.18. The first-order valence-corrected chi connectivity index (χ1v) is 11.0. The Morgan fingerprint density at radius 3 is 2.32 bits per heavy atom. The monoisotopic (exact) mass is 420 g/mol. The summed E-state index contributed by atoms with van der Waals surface area (Å²) in [4.78, 5) is 15.1. The van der Waals surface area contributed by atoms with Crippen molar-refractivity contribution in [3.05, 3.63) is 59.1 Å². The Hall–Kier alpha value is -1.93. The third-order valence-corrected chi connectivity index (χ3v) is 7.88. The van der Waals surface area contributed by atoms with Crippen LogP contribution in [0.5, 0.6) is 0 Å². The third kappa shape index (κ3) is 2.93. The number of aliphatic hydroxyl groups is 1. The third-order valence-electron chi connectivity index (χ3n) is 5.72. The predicted octanol–water partition coefficient (Wildman–Crippen LogP) is 2.40. The molecule has 0 aliphatic carbocycles. The first kappa shape index (κ1) is 19.4. The zero-order valence-electron chi connectivity index (χ0n) is 15.2. The van der Waals surface area contributed by atoms with E-state index in [0.29, 0.717) is 17.9 Å². The topological polar surface area (TPSA) is 77.9 Å². The highest BCUT2D eigenvalue weighted by Crippen LogP contribution is 2.48. The normalized spacial score (nSPS) is 19.2. The van der Waals surface area contributed by atoms with Crippen molar-refractivity contribution in [3.8, 4) is 0 Å². The van der Waals surface area contributed by atoms with Gasteiger partial charge in [0.2, 0.25) is 15.9 Å². The number of amides is 1. The lowest BCUT2D eigenvalue weighted by atomic mass is 9.74. The van der Waals surface area contributed by atoms with Crippen molar-refractivity contribution in [3.63, 3.8) is 0 Å². The van der Waals surface area contributed by atoms with Crippen LogP contribution in [0.25, 0.3) is 0 Å². The minimum atomic E-state index is -3.63. The predicted molar refractivity (Wildman–Crippen MR) is 107 cm³/mol. The van der Waals surface area contributed by atoms with E-state index in [-0.39, 0.29) is 37.0 Å². The number of β-amino-alcohol motifs (C(OH)–C–C–N with tert-alkyl or cyclic N) is 1. The number of benzene rings is 2. The van der Waals surface area contributed by atoms with Crippen LogP contribution in [0, 0.1) is 0 Å². The Bertz CT molecular complexity index is 999. The minimum absolute atomic E-state index is 0.0497. The van der Waals surface area contributed by atoms with E-state index in [0.717, 1.165) is 11.3 Å². The van der Waals surface area contributed by atoms with Crippen molar-refractivity contribution in [1.82, 2.24) is 4.31 Å². The number of hydrogen-bond donors (Lipinski definition) is 1. The van der Waals surface area contributed by atoms with E-state index < -0.39 is 15.4 Å². The van der Waals surface area contributed by atoms with E-state index in [1.807, 2.05) is 24.3 Å². The summed E-state index contributed by atoms with van der Waals surface area (Å²) >= 11 is 5.86. The fourth-order valence-corrected chi connectivity index (χ4v) is 5.83. The van der Waals surface area contributed by atoms with Crippen LogP contribution in [0.4, 0.5) is 5.69 Å². The molecule has 8 heteroatoms. The van der Waals surface area contributed by atoms with Gasteiger partial charge in [0.1, 0.15) is 0 Å². The number of halogens is 1. The van der Waals surface area contributed by atoms with Gasteiger partial charge in [-0.05, 0) is 48.7 Å². The number of para-hydroxylation sites is 1. The van der Waals surface area contributed by atoms with Crippen molar-refractivity contribution in [1.29, 1.82) is 0 Å². The summed E-state index contributed by atoms with van der Waals surface area (Å²) in [6.07, 6.45) is 0.829. The molecule has 2 aromatic rings. The Morgan fingerprint density at radius 1 is 1.04 bits per heavy atom. The Kier molecular flexibility index (Phi) is 4.95. The number of fused-ring (bicyclic) bond motifs is 2. The molecule has 1 fully saturated rings. The number of aliphatic hydroxyl groups excluding tert-OH is 1. The lowest BCUT2D eigenvalue weighted by molar-refractivity contribution is -0.124. The smallest absolute Gasteiger partial charge is 0.243 e. The van der Waals surface area contributed by atoms with Gasteiger partial charge in [0, 0.05) is 30.3 Å². The van der Waals surface area contributed by atoms with Crippen LogP contribution < -0.4 is 4.90 Å². The van der Waals surface area contributed by atoms with Crippen molar-refractivity contribution >= 4 is 33.2 Å². The lowest BCUT2D eigenvalue weighted by Crippen LogP contribution is -2.50. The highest BCUT2D eigenvalue weighted by atomic mass is 35.5. The summed E-state index contributed by atoms with van der Waals surface area (Å²) in [7, 11) is -3.63. The summed E-state index contributed by atoms with van der Waals surface area (Å²) in [5, 5.41) is 9.84. The van der Waals surface area contributed by atoms with Crippen LogP contribution in [0.3, 0.4) is 0 Å². The summed E-state index contributed by atoms with van der Waals surface area (Å²) in [6, 6.07) is 13.7. The summed E-state index contributed by atoms with van der Waals surface area (Å²) in [5.74, 6) is -0.0497. The molecule has 0 radical (unpaired) electrons. The van der Waals surface area contributed by atoms with E-state index in [2.05, 4.69) is 0 Å². The minimum Gasteiger partial charge on any atom is -0.395 e. The van der Waals surface area contributed by atoms with Crippen molar-refractivity contribution in [2.24, 2.45) is 0 Å². The van der Waals surface area contributed by atoms with E-state index in [1.165, 1.54) is 16.4 Å². The average Bonchev–Trinajstić information content (AvgIpc) is 2.92. The highest BCUT2D eigenvalue weighted by molar-refractivity contribution is 7.89. The van der Waals surface area contributed by atoms with Gasteiger partial charge in [-0.15, -0.1) is 0 Å². The van der Waals surface area contributed by atoms with E-state index in [9.17, 15) is 18.3 Å². The van der Waals surface area contributed by atoms with Crippen molar-refractivity contribution in [2.75, 3.05) is 31.1 Å². The van der Waals surface area contributed by atoms with Gasteiger partial charge in [-0.3, -0.25) is 4.79 Å². The van der Waals surface area contributed by atoms with Gasteiger partial charge >= 0.3 is 0 Å². The van der Waals surface area contributed by atoms with E-state index in [4.69, 9.17) is 11.6 Å². The molecule has 4 rings (SSSR count). The Labute approximate surface area is 169 Å². The molecule has 1 spiro atoms. The molecule has 1 amide bonds. The van der Waals surface area contributed by atoms with Crippen LogP contribution in [0.15, 0.2) is 53.4 Å². The number of carbonyl (C=O) groups excluding carboxylic acids is 1. The Morgan fingerprint density at radius 2 is 1.68 bits per heavy atom. The maximum atomic E-state index is 13.2. The maximum Gasteiger partial charge on any atom is 0.243 e. The number of hydrogen-bond acceptors (Lipinski definition) is 4. The molecule has 0 atom stereocenters. The summed E-state index contributed by atoms with van der Waals surface area (Å²) in [6.45, 7) is 0.646. The van der Waals surface area contributed by atoms with Gasteiger partial charge in [-0.2, -0.15) is 4.31 Å². The molecule has 148 valence electrons.